The van der Waals surface area contributed by atoms with Crippen LogP contribution in [0.1, 0.15) is 58.8 Å². The Morgan fingerprint density at radius 2 is 1.43 bits per heavy atom. The van der Waals surface area contributed by atoms with Crippen molar-refractivity contribution in [1.82, 2.24) is 24.9 Å². The van der Waals surface area contributed by atoms with E-state index in [0.717, 1.165) is 59.8 Å². The molecule has 300 valence electrons. The lowest BCUT2D eigenvalue weighted by molar-refractivity contribution is -0.136. The smallest absolute Gasteiger partial charge is 0.320 e. The third-order valence-corrected chi connectivity index (χ3v) is 11.8. The molecule has 4 aromatic carbocycles. The van der Waals surface area contributed by atoms with E-state index < -0.39 is 11.9 Å². The number of carbonyl (C=O) groups excluding carboxylic acids is 4. The summed E-state index contributed by atoms with van der Waals surface area (Å²) in [6.45, 7) is 9.36. The standard InChI is InChI=1S/C46H50N6O6/c1-2-39(32-6-4-3-5-7-32)43(33-8-13-37(53)14-9-33)34-10-15-38(16-11-34)58-29-28-48-20-22-50(23-21-48)46(57)51-26-24-49(25-27-51)36-12-17-40-35(30-36)31-52(45(40)56)41-18-19-42(54)47-44(41)55/h3-17,30,41,53H,2,18-29,31H2,1H3,(H,47,54,55)/b43-39-/t41-/m0/s1. The molecule has 0 aliphatic carbocycles. The number of piperidine rings is 1. The number of hydrogen-bond acceptors (Lipinski definition) is 8. The Kier molecular flexibility index (Phi) is 11.5. The van der Waals surface area contributed by atoms with Gasteiger partial charge in [0.15, 0.2) is 0 Å². The number of amides is 5. The summed E-state index contributed by atoms with van der Waals surface area (Å²) in [5.74, 6) is 0.165. The molecule has 0 aromatic heterocycles. The molecule has 0 bridgehead atoms. The number of nitrogens with zero attached hydrogens (tertiary/aromatic N) is 5. The number of phenols is 1. The SMILES string of the molecule is CC/C(=C(\c1ccc(O)cc1)c1ccc(OCCN2CCN(C(=O)N3CCN(c4ccc5c(c4)CN([C@H]4CCC(=O)NC4=O)C5=O)CC3)CC2)cc1)c1ccccc1. The second kappa shape index (κ2) is 17.2. The zero-order valence-electron chi connectivity index (χ0n) is 32.9. The molecule has 3 saturated heterocycles. The minimum Gasteiger partial charge on any atom is -0.508 e. The fourth-order valence-electron chi connectivity index (χ4n) is 8.59. The minimum absolute atomic E-state index is 0.0780. The minimum atomic E-state index is -0.634. The highest BCUT2D eigenvalue weighted by Gasteiger charge is 2.39. The highest BCUT2D eigenvalue weighted by molar-refractivity contribution is 6.05. The Bertz CT molecular complexity index is 2170. The molecule has 4 heterocycles. The first-order valence-corrected chi connectivity index (χ1v) is 20.4. The van der Waals surface area contributed by atoms with Crippen LogP contribution in [-0.2, 0) is 16.1 Å². The summed E-state index contributed by atoms with van der Waals surface area (Å²) >= 11 is 0. The molecule has 4 aromatic rings. The van der Waals surface area contributed by atoms with Crippen molar-refractivity contribution in [3.8, 4) is 11.5 Å². The molecule has 4 aliphatic heterocycles. The molecule has 0 saturated carbocycles. The Balaban J connectivity index is 0.795. The predicted molar refractivity (Wildman–Crippen MR) is 222 cm³/mol. The first-order chi connectivity index (χ1) is 28.2. The number of hydrogen-bond donors (Lipinski definition) is 2. The van der Waals surface area contributed by atoms with Gasteiger partial charge < -0.3 is 29.4 Å². The lowest BCUT2D eigenvalue weighted by atomic mass is 9.88. The van der Waals surface area contributed by atoms with Gasteiger partial charge in [0.1, 0.15) is 24.1 Å². The van der Waals surface area contributed by atoms with Crippen molar-refractivity contribution < 1.29 is 29.0 Å². The molecule has 0 radical (unpaired) electrons. The number of imide groups is 1. The molecule has 2 N–H and O–H groups in total. The average molecular weight is 783 g/mol. The third-order valence-electron chi connectivity index (χ3n) is 11.8. The highest BCUT2D eigenvalue weighted by Crippen LogP contribution is 2.36. The van der Waals surface area contributed by atoms with Crippen molar-refractivity contribution in [3.63, 3.8) is 0 Å². The van der Waals surface area contributed by atoms with E-state index in [4.69, 9.17) is 4.74 Å². The van der Waals surface area contributed by atoms with E-state index in [1.165, 1.54) is 11.1 Å². The van der Waals surface area contributed by atoms with E-state index in [1.54, 1.807) is 17.0 Å². The van der Waals surface area contributed by atoms with Crippen LogP contribution in [0.2, 0.25) is 0 Å². The summed E-state index contributed by atoms with van der Waals surface area (Å²) in [7, 11) is 0. The van der Waals surface area contributed by atoms with Gasteiger partial charge in [-0.15, -0.1) is 0 Å². The summed E-state index contributed by atoms with van der Waals surface area (Å²) in [6, 6.07) is 31.3. The largest absolute Gasteiger partial charge is 0.508 e. The number of ether oxygens (including phenoxy) is 1. The van der Waals surface area contributed by atoms with Gasteiger partial charge in [-0.25, -0.2) is 4.79 Å². The zero-order valence-corrected chi connectivity index (χ0v) is 32.9. The summed E-state index contributed by atoms with van der Waals surface area (Å²) in [5.41, 5.74) is 8.15. The van der Waals surface area contributed by atoms with E-state index >= 15 is 0 Å². The Hall–Kier alpha value is -6.14. The molecule has 0 unspecified atom stereocenters. The van der Waals surface area contributed by atoms with Crippen LogP contribution >= 0.6 is 0 Å². The van der Waals surface area contributed by atoms with Crippen LogP contribution in [0.5, 0.6) is 11.5 Å². The molecule has 0 spiro atoms. The quantitative estimate of drug-likeness (QED) is 0.161. The number of carbonyl (C=O) groups is 4. The van der Waals surface area contributed by atoms with E-state index in [1.807, 2.05) is 58.3 Å². The molecule has 12 nitrogen and oxygen atoms in total. The zero-order chi connectivity index (χ0) is 40.2. The van der Waals surface area contributed by atoms with Crippen molar-refractivity contribution in [2.75, 3.05) is 70.4 Å². The maximum atomic E-state index is 13.5. The van der Waals surface area contributed by atoms with Crippen LogP contribution in [0.25, 0.3) is 11.1 Å². The number of benzene rings is 4. The monoisotopic (exact) mass is 782 g/mol. The lowest BCUT2D eigenvalue weighted by Crippen LogP contribution is -2.57. The number of nitrogens with one attached hydrogen (secondary N) is 1. The summed E-state index contributed by atoms with van der Waals surface area (Å²) in [6.07, 6.45) is 1.42. The lowest BCUT2D eigenvalue weighted by Gasteiger charge is -2.41. The number of allylic oxidation sites excluding steroid dienone is 1. The fourth-order valence-corrected chi connectivity index (χ4v) is 8.59. The summed E-state index contributed by atoms with van der Waals surface area (Å²) in [4.78, 5) is 60.8. The molecular formula is C46H50N6O6. The number of urea groups is 1. The number of rotatable bonds is 10. The maximum absolute atomic E-state index is 13.5. The fraction of sp³-hybridized carbons (Fsp3) is 0.348. The van der Waals surface area contributed by atoms with Crippen molar-refractivity contribution in [3.05, 3.63) is 125 Å². The topological polar surface area (TPSA) is 126 Å². The van der Waals surface area contributed by atoms with Crippen molar-refractivity contribution in [1.29, 1.82) is 0 Å². The van der Waals surface area contributed by atoms with Crippen LogP contribution in [0, 0.1) is 0 Å². The average Bonchev–Trinajstić information content (AvgIpc) is 3.58. The van der Waals surface area contributed by atoms with Crippen LogP contribution < -0.4 is 15.0 Å². The number of aromatic hydroxyl groups is 1. The van der Waals surface area contributed by atoms with E-state index in [-0.39, 0.29) is 30.0 Å². The molecule has 5 amide bonds. The number of fused-ring (bicyclic) bond motifs is 1. The number of piperazine rings is 2. The van der Waals surface area contributed by atoms with Gasteiger partial charge in [-0.1, -0.05) is 61.5 Å². The van der Waals surface area contributed by atoms with E-state index in [9.17, 15) is 24.3 Å². The molecule has 8 rings (SSSR count). The van der Waals surface area contributed by atoms with Crippen molar-refractivity contribution in [2.24, 2.45) is 0 Å². The van der Waals surface area contributed by atoms with Crippen LogP contribution in [-0.4, -0.2) is 120 Å². The van der Waals surface area contributed by atoms with Crippen molar-refractivity contribution >= 4 is 40.6 Å². The van der Waals surface area contributed by atoms with Gasteiger partial charge in [0.2, 0.25) is 11.8 Å². The molecule has 4 aliphatic rings. The normalized spacial score (nSPS) is 19.2. The molecule has 58 heavy (non-hydrogen) atoms. The molecule has 12 heteroatoms. The third kappa shape index (κ3) is 8.29. The summed E-state index contributed by atoms with van der Waals surface area (Å²) in [5, 5.41) is 12.3. The first-order valence-electron chi connectivity index (χ1n) is 20.4. The van der Waals surface area contributed by atoms with Gasteiger partial charge in [-0.2, -0.15) is 0 Å². The van der Waals surface area contributed by atoms with Gasteiger partial charge in [0, 0.05) is 83.1 Å². The second-order valence-electron chi connectivity index (χ2n) is 15.3. The van der Waals surface area contributed by atoms with Gasteiger partial charge in [0.05, 0.1) is 0 Å². The number of anilines is 1. The molecular weight excluding hydrogens is 733 g/mol. The Labute approximate surface area is 339 Å². The first kappa shape index (κ1) is 38.7. The molecule has 1 atom stereocenters. The van der Waals surface area contributed by atoms with Gasteiger partial charge >= 0.3 is 6.03 Å². The van der Waals surface area contributed by atoms with Gasteiger partial charge in [-0.05, 0) is 88.7 Å². The number of phenolic OH excluding ortho intramolecular Hbond substituents is 1. The summed E-state index contributed by atoms with van der Waals surface area (Å²) < 4.78 is 6.19. The van der Waals surface area contributed by atoms with Crippen LogP contribution in [0.15, 0.2) is 97.1 Å². The Morgan fingerprint density at radius 3 is 2.09 bits per heavy atom. The van der Waals surface area contributed by atoms with Crippen LogP contribution in [0.4, 0.5) is 10.5 Å². The van der Waals surface area contributed by atoms with Gasteiger partial charge in [-0.3, -0.25) is 24.6 Å². The van der Waals surface area contributed by atoms with Crippen molar-refractivity contribution in [2.45, 2.75) is 38.8 Å². The van der Waals surface area contributed by atoms with Crippen LogP contribution in [0.3, 0.4) is 0 Å². The van der Waals surface area contributed by atoms with E-state index in [2.05, 4.69) is 58.4 Å². The van der Waals surface area contributed by atoms with Gasteiger partial charge in [0.25, 0.3) is 5.91 Å². The Morgan fingerprint density at radius 1 is 0.776 bits per heavy atom. The van der Waals surface area contributed by atoms with E-state index in [0.29, 0.717) is 64.4 Å². The predicted octanol–water partition coefficient (Wildman–Crippen LogP) is 5.46. The maximum Gasteiger partial charge on any atom is 0.320 e. The highest BCUT2D eigenvalue weighted by atomic mass is 16.5. The molecule has 3 fully saturated rings. The second-order valence-corrected chi connectivity index (χ2v) is 15.3.